The Balaban J connectivity index is 0.000000720. The van der Waals surface area contributed by atoms with Gasteiger partial charge in [0.2, 0.25) is 0 Å². The van der Waals surface area contributed by atoms with Crippen molar-refractivity contribution in [3.8, 4) is 0 Å². The first-order chi connectivity index (χ1) is 5.31. The van der Waals surface area contributed by atoms with Crippen molar-refractivity contribution >= 4 is 12.4 Å². The molecule has 2 heterocycles. The molecule has 1 unspecified atom stereocenters. The minimum atomic E-state index is -0.541. The molecule has 2 aliphatic rings. The molecule has 2 N–H and O–H groups in total. The Morgan fingerprint density at radius 3 is 2.50 bits per heavy atom. The monoisotopic (exact) mass is 193 g/mol. The van der Waals surface area contributed by atoms with Gasteiger partial charge >= 0.3 is 0 Å². The third-order valence-electron chi connectivity index (χ3n) is 2.66. The van der Waals surface area contributed by atoms with Gasteiger partial charge in [0.15, 0.2) is 0 Å². The highest BCUT2D eigenvalue weighted by molar-refractivity contribution is 5.85. The second kappa shape index (κ2) is 3.92. The first kappa shape index (κ1) is 10.3. The minimum absolute atomic E-state index is 0. The Morgan fingerprint density at radius 1 is 1.33 bits per heavy atom. The molecule has 0 aromatic rings. The van der Waals surface area contributed by atoms with E-state index in [1.807, 2.05) is 0 Å². The van der Waals surface area contributed by atoms with Crippen molar-refractivity contribution in [1.29, 1.82) is 0 Å². The number of rotatable bonds is 1. The van der Waals surface area contributed by atoms with Gasteiger partial charge < -0.3 is 15.2 Å². The van der Waals surface area contributed by atoms with Crippen LogP contribution in [0.4, 0.5) is 0 Å². The lowest BCUT2D eigenvalue weighted by molar-refractivity contribution is -0.197. The third kappa shape index (κ3) is 1.74. The van der Waals surface area contributed by atoms with Gasteiger partial charge in [0.05, 0.1) is 13.2 Å². The fourth-order valence-electron chi connectivity index (χ4n) is 1.82. The first-order valence-electron chi connectivity index (χ1n) is 4.35. The van der Waals surface area contributed by atoms with Crippen molar-refractivity contribution in [3.63, 3.8) is 0 Å². The first-order valence-corrected chi connectivity index (χ1v) is 4.35. The van der Waals surface area contributed by atoms with Crippen LogP contribution in [0.3, 0.4) is 0 Å². The topological polar surface area (TPSA) is 41.5 Å². The molecule has 0 aromatic heterocycles. The van der Waals surface area contributed by atoms with E-state index in [1.165, 1.54) is 12.8 Å². The van der Waals surface area contributed by atoms with Crippen molar-refractivity contribution in [3.05, 3.63) is 0 Å². The Labute approximate surface area is 78.9 Å². The van der Waals surface area contributed by atoms with Crippen molar-refractivity contribution < 1.29 is 9.84 Å². The predicted molar refractivity (Wildman–Crippen MR) is 48.7 cm³/mol. The van der Waals surface area contributed by atoms with Crippen molar-refractivity contribution in [2.24, 2.45) is 0 Å². The lowest BCUT2D eigenvalue weighted by atomic mass is 9.86. The number of nitrogens with one attached hydrogen (secondary N) is 1. The largest absolute Gasteiger partial charge is 0.383 e. The van der Waals surface area contributed by atoms with E-state index >= 15 is 0 Å². The van der Waals surface area contributed by atoms with Gasteiger partial charge in [-0.15, -0.1) is 12.4 Å². The van der Waals surface area contributed by atoms with E-state index in [0.29, 0.717) is 13.2 Å². The molecule has 3 nitrogen and oxygen atoms in total. The molecule has 0 spiro atoms. The van der Waals surface area contributed by atoms with Crippen LogP contribution in [0.25, 0.3) is 0 Å². The van der Waals surface area contributed by atoms with Gasteiger partial charge in [-0.2, -0.15) is 0 Å². The molecule has 1 atom stereocenters. The van der Waals surface area contributed by atoms with E-state index in [9.17, 15) is 5.11 Å². The predicted octanol–water partition coefficient (Wildman–Crippen LogP) is 0.312. The van der Waals surface area contributed by atoms with Gasteiger partial charge in [-0.05, 0) is 19.4 Å². The van der Waals surface area contributed by atoms with E-state index in [0.717, 1.165) is 13.0 Å². The van der Waals surface area contributed by atoms with E-state index < -0.39 is 5.60 Å². The zero-order valence-electron chi connectivity index (χ0n) is 7.08. The molecule has 2 rings (SSSR count). The van der Waals surface area contributed by atoms with E-state index in [2.05, 4.69) is 5.32 Å². The molecule has 0 amide bonds. The summed E-state index contributed by atoms with van der Waals surface area (Å²) in [6.45, 7) is 2.09. The lowest BCUT2D eigenvalue weighted by Gasteiger charge is -2.44. The minimum Gasteiger partial charge on any atom is -0.383 e. The van der Waals surface area contributed by atoms with Crippen LogP contribution in [-0.2, 0) is 4.74 Å². The maximum atomic E-state index is 9.85. The average molecular weight is 194 g/mol. The lowest BCUT2D eigenvalue weighted by Crippen LogP contribution is -2.63. The normalized spacial score (nSPS) is 33.2. The highest BCUT2D eigenvalue weighted by Crippen LogP contribution is 2.26. The third-order valence-corrected chi connectivity index (χ3v) is 2.66. The highest BCUT2D eigenvalue weighted by atomic mass is 35.5. The Bertz CT molecular complexity index is 144. The summed E-state index contributed by atoms with van der Waals surface area (Å²) in [6.07, 6.45) is 3.58. The average Bonchev–Trinajstić information content (AvgIpc) is 2.02. The van der Waals surface area contributed by atoms with Gasteiger partial charge in [0.25, 0.3) is 0 Å². The summed E-state index contributed by atoms with van der Waals surface area (Å²) >= 11 is 0. The molecule has 0 bridgehead atoms. The molecule has 12 heavy (non-hydrogen) atoms. The van der Waals surface area contributed by atoms with Crippen molar-refractivity contribution in [1.82, 2.24) is 5.32 Å². The van der Waals surface area contributed by atoms with Crippen LogP contribution in [0.1, 0.15) is 19.3 Å². The van der Waals surface area contributed by atoms with Crippen molar-refractivity contribution in [2.75, 3.05) is 19.8 Å². The zero-order valence-corrected chi connectivity index (χ0v) is 7.90. The summed E-state index contributed by atoms with van der Waals surface area (Å²) in [6, 6.07) is 0.282. The molecule has 2 aliphatic heterocycles. The van der Waals surface area contributed by atoms with Crippen LogP contribution in [0.5, 0.6) is 0 Å². The number of hydrogen-bond donors (Lipinski definition) is 2. The molecule has 2 saturated heterocycles. The summed E-state index contributed by atoms with van der Waals surface area (Å²) in [4.78, 5) is 0. The maximum absolute atomic E-state index is 9.85. The Morgan fingerprint density at radius 2 is 2.08 bits per heavy atom. The molecule has 0 radical (unpaired) electrons. The SMILES string of the molecule is Cl.OC1(C2CCCCN2)COC1. The Kier molecular flexibility index (Phi) is 3.35. The van der Waals surface area contributed by atoms with E-state index in [-0.39, 0.29) is 18.4 Å². The zero-order chi connectivity index (χ0) is 7.73. The summed E-state index contributed by atoms with van der Waals surface area (Å²) in [5, 5.41) is 13.2. The number of hydrogen-bond acceptors (Lipinski definition) is 3. The van der Waals surface area contributed by atoms with E-state index in [4.69, 9.17) is 4.74 Å². The molecule has 4 heteroatoms. The number of ether oxygens (including phenoxy) is 1. The molecule has 0 saturated carbocycles. The number of halogens is 1. The van der Waals surface area contributed by atoms with Crippen LogP contribution < -0.4 is 5.32 Å². The summed E-state index contributed by atoms with van der Waals surface area (Å²) in [5.41, 5.74) is -0.541. The summed E-state index contributed by atoms with van der Waals surface area (Å²) < 4.78 is 5.00. The molecule has 0 aliphatic carbocycles. The summed E-state index contributed by atoms with van der Waals surface area (Å²) in [7, 11) is 0. The van der Waals surface area contributed by atoms with Crippen LogP contribution in [0, 0.1) is 0 Å². The van der Waals surface area contributed by atoms with Crippen LogP contribution in [0.2, 0.25) is 0 Å². The van der Waals surface area contributed by atoms with Crippen LogP contribution in [0.15, 0.2) is 0 Å². The van der Waals surface area contributed by atoms with Gasteiger partial charge in [-0.25, -0.2) is 0 Å². The van der Waals surface area contributed by atoms with Gasteiger partial charge in [0.1, 0.15) is 5.60 Å². The van der Waals surface area contributed by atoms with Gasteiger partial charge in [-0.3, -0.25) is 0 Å². The number of aliphatic hydroxyl groups is 1. The number of piperidine rings is 1. The molecular formula is C8H16ClNO2. The molecule has 72 valence electrons. The fourth-order valence-corrected chi connectivity index (χ4v) is 1.82. The van der Waals surface area contributed by atoms with Gasteiger partial charge in [-0.1, -0.05) is 6.42 Å². The quantitative estimate of drug-likeness (QED) is 0.630. The molecule has 0 aromatic carbocycles. The van der Waals surface area contributed by atoms with Crippen LogP contribution >= 0.6 is 12.4 Å². The maximum Gasteiger partial charge on any atom is 0.126 e. The van der Waals surface area contributed by atoms with E-state index in [1.54, 1.807) is 0 Å². The summed E-state index contributed by atoms with van der Waals surface area (Å²) in [5.74, 6) is 0. The van der Waals surface area contributed by atoms with Crippen LogP contribution in [-0.4, -0.2) is 36.5 Å². The van der Waals surface area contributed by atoms with Crippen molar-refractivity contribution in [2.45, 2.75) is 30.9 Å². The standard InChI is InChI=1S/C8H15NO2.ClH/c10-8(5-11-6-8)7-3-1-2-4-9-7;/h7,9-10H,1-6H2;1H. The second-order valence-electron chi connectivity index (χ2n) is 3.60. The van der Waals surface area contributed by atoms with Gasteiger partial charge in [0, 0.05) is 6.04 Å². The fraction of sp³-hybridized carbons (Fsp3) is 1.00. The smallest absolute Gasteiger partial charge is 0.126 e. The Hall–Kier alpha value is 0.170. The highest BCUT2D eigenvalue weighted by Gasteiger charge is 2.43. The molecular weight excluding hydrogens is 178 g/mol. The molecule has 2 fully saturated rings. The second-order valence-corrected chi connectivity index (χ2v) is 3.60.